The van der Waals surface area contributed by atoms with Gasteiger partial charge >= 0.3 is 0 Å². The van der Waals surface area contributed by atoms with E-state index in [0.717, 1.165) is 39.1 Å². The molecular formula is C12H19N3O2. The number of carbonyl (C=O) groups is 1. The normalized spacial score (nSPS) is 30.6. The van der Waals surface area contributed by atoms with E-state index >= 15 is 0 Å². The average molecular weight is 237 g/mol. The van der Waals surface area contributed by atoms with Crippen molar-refractivity contribution in [3.05, 3.63) is 0 Å². The Bertz CT molecular complexity index is 320. The SMILES string of the molecule is CN1CCN(CC2CCCO2)C(CC#N)C1=O. The highest BCUT2D eigenvalue weighted by molar-refractivity contribution is 5.82. The van der Waals surface area contributed by atoms with Gasteiger partial charge in [-0.25, -0.2) is 0 Å². The molecule has 0 aromatic heterocycles. The molecule has 2 unspecified atom stereocenters. The van der Waals surface area contributed by atoms with E-state index in [9.17, 15) is 4.79 Å². The van der Waals surface area contributed by atoms with Gasteiger partial charge in [0.25, 0.3) is 0 Å². The number of piperazine rings is 1. The number of rotatable bonds is 3. The third-order valence-electron chi connectivity index (χ3n) is 3.57. The molecule has 0 aromatic carbocycles. The zero-order valence-electron chi connectivity index (χ0n) is 10.3. The van der Waals surface area contributed by atoms with Gasteiger partial charge in [-0.1, -0.05) is 0 Å². The first-order chi connectivity index (χ1) is 8.22. The molecule has 5 nitrogen and oxygen atoms in total. The monoisotopic (exact) mass is 237 g/mol. The van der Waals surface area contributed by atoms with E-state index in [1.54, 1.807) is 11.9 Å². The van der Waals surface area contributed by atoms with Crippen molar-refractivity contribution in [3.8, 4) is 6.07 Å². The fraction of sp³-hybridized carbons (Fsp3) is 0.833. The van der Waals surface area contributed by atoms with Crippen LogP contribution in [0.1, 0.15) is 19.3 Å². The van der Waals surface area contributed by atoms with Crippen LogP contribution in [0.25, 0.3) is 0 Å². The molecule has 0 aromatic rings. The summed E-state index contributed by atoms with van der Waals surface area (Å²) in [7, 11) is 1.80. The highest BCUT2D eigenvalue weighted by atomic mass is 16.5. The lowest BCUT2D eigenvalue weighted by atomic mass is 10.1. The number of nitrogens with zero attached hydrogens (tertiary/aromatic N) is 3. The van der Waals surface area contributed by atoms with E-state index in [1.165, 1.54) is 0 Å². The van der Waals surface area contributed by atoms with Crippen LogP contribution in [0.3, 0.4) is 0 Å². The lowest BCUT2D eigenvalue weighted by Gasteiger charge is -2.39. The smallest absolute Gasteiger partial charge is 0.240 e. The minimum atomic E-state index is -0.275. The van der Waals surface area contributed by atoms with Gasteiger partial charge in [-0.3, -0.25) is 9.69 Å². The number of carbonyl (C=O) groups excluding carboxylic acids is 1. The van der Waals surface area contributed by atoms with Crippen molar-refractivity contribution in [2.24, 2.45) is 0 Å². The van der Waals surface area contributed by atoms with Gasteiger partial charge in [-0.05, 0) is 12.8 Å². The van der Waals surface area contributed by atoms with Crippen LogP contribution in [0.2, 0.25) is 0 Å². The summed E-state index contributed by atoms with van der Waals surface area (Å²) in [5.74, 6) is 0.0656. The molecule has 2 heterocycles. The predicted octanol–water partition coefficient (Wildman–Crippen LogP) is 0.222. The van der Waals surface area contributed by atoms with Gasteiger partial charge in [0.15, 0.2) is 0 Å². The number of likely N-dealkylation sites (N-methyl/N-ethyl adjacent to an activating group) is 1. The summed E-state index contributed by atoms with van der Waals surface area (Å²) in [6, 6.07) is 1.84. The van der Waals surface area contributed by atoms with Crippen LogP contribution in [-0.4, -0.2) is 61.1 Å². The van der Waals surface area contributed by atoms with Gasteiger partial charge in [0.2, 0.25) is 5.91 Å². The molecule has 94 valence electrons. The third kappa shape index (κ3) is 2.76. The minimum absolute atomic E-state index is 0.0656. The van der Waals surface area contributed by atoms with Crippen molar-refractivity contribution in [1.82, 2.24) is 9.80 Å². The lowest BCUT2D eigenvalue weighted by Crippen LogP contribution is -2.57. The first kappa shape index (κ1) is 12.3. The lowest BCUT2D eigenvalue weighted by molar-refractivity contribution is -0.140. The van der Waals surface area contributed by atoms with Crippen LogP contribution in [0.5, 0.6) is 0 Å². The maximum Gasteiger partial charge on any atom is 0.240 e. The second-order valence-electron chi connectivity index (χ2n) is 4.77. The Kier molecular flexibility index (Phi) is 3.97. The van der Waals surface area contributed by atoms with Crippen molar-refractivity contribution >= 4 is 5.91 Å². The molecule has 0 saturated carbocycles. The molecular weight excluding hydrogens is 218 g/mol. The van der Waals surface area contributed by atoms with Crippen molar-refractivity contribution in [2.45, 2.75) is 31.4 Å². The predicted molar refractivity (Wildman–Crippen MR) is 62.2 cm³/mol. The number of hydrogen-bond donors (Lipinski definition) is 0. The van der Waals surface area contributed by atoms with Crippen LogP contribution in [-0.2, 0) is 9.53 Å². The standard InChI is InChI=1S/C12H19N3O2/c1-14-6-7-15(9-10-3-2-8-17-10)11(4-5-13)12(14)16/h10-11H,2-4,6-9H2,1H3. The Balaban J connectivity index is 1.98. The summed E-state index contributed by atoms with van der Waals surface area (Å²) in [5, 5.41) is 8.82. The molecule has 0 spiro atoms. The summed E-state index contributed by atoms with van der Waals surface area (Å²) >= 11 is 0. The topological polar surface area (TPSA) is 56.6 Å². The minimum Gasteiger partial charge on any atom is -0.377 e. The first-order valence-electron chi connectivity index (χ1n) is 6.20. The van der Waals surface area contributed by atoms with E-state index in [2.05, 4.69) is 11.0 Å². The Hall–Kier alpha value is -1.12. The molecule has 0 radical (unpaired) electrons. The van der Waals surface area contributed by atoms with Crippen molar-refractivity contribution in [2.75, 3.05) is 33.3 Å². The molecule has 2 rings (SSSR count). The maximum absolute atomic E-state index is 12.0. The largest absolute Gasteiger partial charge is 0.377 e. The van der Waals surface area contributed by atoms with Crippen molar-refractivity contribution < 1.29 is 9.53 Å². The molecule has 2 fully saturated rings. The van der Waals surface area contributed by atoms with Gasteiger partial charge in [-0.2, -0.15) is 5.26 Å². The molecule has 2 aliphatic rings. The van der Waals surface area contributed by atoms with Crippen LogP contribution < -0.4 is 0 Å². The van der Waals surface area contributed by atoms with E-state index in [1.807, 2.05) is 0 Å². The zero-order chi connectivity index (χ0) is 12.3. The molecule has 0 aliphatic carbocycles. The van der Waals surface area contributed by atoms with Gasteiger partial charge in [0, 0.05) is 33.3 Å². The van der Waals surface area contributed by atoms with Gasteiger partial charge in [0.05, 0.1) is 18.6 Å². The molecule has 1 amide bonds. The second kappa shape index (κ2) is 5.48. The molecule has 0 bridgehead atoms. The van der Waals surface area contributed by atoms with Crippen LogP contribution in [0.15, 0.2) is 0 Å². The fourth-order valence-corrected chi connectivity index (χ4v) is 2.53. The summed E-state index contributed by atoms with van der Waals surface area (Å²) < 4.78 is 5.59. The van der Waals surface area contributed by atoms with Crippen molar-refractivity contribution in [1.29, 1.82) is 5.26 Å². The number of hydrogen-bond acceptors (Lipinski definition) is 4. The fourth-order valence-electron chi connectivity index (χ4n) is 2.53. The van der Waals surface area contributed by atoms with Gasteiger partial charge in [0.1, 0.15) is 6.04 Å². The van der Waals surface area contributed by atoms with E-state index in [-0.39, 0.29) is 24.5 Å². The highest BCUT2D eigenvalue weighted by Crippen LogP contribution is 2.18. The van der Waals surface area contributed by atoms with Crippen LogP contribution in [0, 0.1) is 11.3 Å². The average Bonchev–Trinajstić information content (AvgIpc) is 2.81. The molecule has 5 heteroatoms. The first-order valence-corrected chi connectivity index (χ1v) is 6.20. The van der Waals surface area contributed by atoms with Gasteiger partial charge < -0.3 is 9.64 Å². The molecule has 2 aliphatic heterocycles. The number of ether oxygens (including phenoxy) is 1. The molecule has 2 saturated heterocycles. The summed E-state index contributed by atoms with van der Waals surface area (Å²) in [6.45, 7) is 3.20. The van der Waals surface area contributed by atoms with Gasteiger partial charge in [-0.15, -0.1) is 0 Å². The van der Waals surface area contributed by atoms with E-state index < -0.39 is 0 Å². The summed E-state index contributed by atoms with van der Waals surface area (Å²) in [4.78, 5) is 15.8. The summed E-state index contributed by atoms with van der Waals surface area (Å²) in [6.07, 6.45) is 2.69. The summed E-state index contributed by atoms with van der Waals surface area (Å²) in [5.41, 5.74) is 0. The molecule has 0 N–H and O–H groups in total. The second-order valence-corrected chi connectivity index (χ2v) is 4.77. The number of nitriles is 1. The maximum atomic E-state index is 12.0. The third-order valence-corrected chi connectivity index (χ3v) is 3.57. The molecule has 17 heavy (non-hydrogen) atoms. The Labute approximate surface area is 102 Å². The highest BCUT2D eigenvalue weighted by Gasteiger charge is 2.34. The number of amides is 1. The van der Waals surface area contributed by atoms with E-state index in [0.29, 0.717) is 0 Å². The Morgan fingerprint density at radius 2 is 2.35 bits per heavy atom. The molecule has 2 atom stereocenters. The Morgan fingerprint density at radius 1 is 1.53 bits per heavy atom. The van der Waals surface area contributed by atoms with Crippen LogP contribution >= 0.6 is 0 Å². The van der Waals surface area contributed by atoms with Crippen LogP contribution in [0.4, 0.5) is 0 Å². The zero-order valence-corrected chi connectivity index (χ0v) is 10.3. The quantitative estimate of drug-likeness (QED) is 0.704. The Morgan fingerprint density at radius 3 is 3.00 bits per heavy atom. The van der Waals surface area contributed by atoms with Crippen molar-refractivity contribution in [3.63, 3.8) is 0 Å². The van der Waals surface area contributed by atoms with E-state index in [4.69, 9.17) is 10.00 Å².